The Hall–Kier alpha value is -3.53. The van der Waals surface area contributed by atoms with Gasteiger partial charge < -0.3 is 20.1 Å². The Kier molecular flexibility index (Phi) is 8.34. The molecule has 2 rings (SSSR count). The molecular weight excluding hydrogens is 358 g/mol. The lowest BCUT2D eigenvalue weighted by Gasteiger charge is -2.10. The van der Waals surface area contributed by atoms with Crippen LogP contribution in [0.5, 0.6) is 11.5 Å². The van der Waals surface area contributed by atoms with Crippen LogP contribution in [0.1, 0.15) is 30.1 Å². The molecule has 0 saturated heterocycles. The Balaban J connectivity index is 1.75. The number of para-hydroxylation sites is 1. The van der Waals surface area contributed by atoms with Crippen molar-refractivity contribution >= 4 is 17.5 Å². The van der Waals surface area contributed by atoms with Gasteiger partial charge in [0.05, 0.1) is 12.2 Å². The predicted octanol–water partition coefficient (Wildman–Crippen LogP) is 3.14. The molecule has 0 aromatic heterocycles. The van der Waals surface area contributed by atoms with Gasteiger partial charge in [0.25, 0.3) is 5.91 Å². The minimum absolute atomic E-state index is 0.0521. The molecule has 2 aromatic rings. The summed E-state index contributed by atoms with van der Waals surface area (Å²) in [6.07, 6.45) is 0.760. The molecule has 0 unspecified atom stereocenters. The van der Waals surface area contributed by atoms with Crippen LogP contribution in [0.4, 0.5) is 5.69 Å². The summed E-state index contributed by atoms with van der Waals surface area (Å²) in [4.78, 5) is 24.3. The molecule has 0 bridgehead atoms. The topological polar surface area (TPSA) is 100 Å². The third kappa shape index (κ3) is 6.65. The van der Waals surface area contributed by atoms with Crippen molar-refractivity contribution in [2.75, 3.05) is 25.1 Å². The molecule has 0 atom stereocenters. The summed E-state index contributed by atoms with van der Waals surface area (Å²) in [5.41, 5.74) is 1.07. The second-order valence-electron chi connectivity index (χ2n) is 5.81. The summed E-state index contributed by atoms with van der Waals surface area (Å²) < 4.78 is 10.7. The minimum atomic E-state index is -0.230. The van der Waals surface area contributed by atoms with E-state index in [-0.39, 0.29) is 24.8 Å². The van der Waals surface area contributed by atoms with Crippen LogP contribution in [0.3, 0.4) is 0 Å². The average molecular weight is 381 g/mol. The van der Waals surface area contributed by atoms with E-state index in [1.54, 1.807) is 42.5 Å². The number of nitrogens with zero attached hydrogens (tertiary/aromatic N) is 1. The number of anilines is 1. The number of nitrogens with one attached hydrogen (secondary N) is 2. The maximum Gasteiger partial charge on any atom is 0.255 e. The molecule has 0 spiro atoms. The SMILES string of the molecule is CCOc1ccccc1C(=O)NCCCC(=O)Nc1cccc(OCC#N)c1. The standard InChI is InChI=1S/C21H23N3O4/c1-2-27-19-10-4-3-9-18(19)21(26)23-13-6-11-20(25)24-16-7-5-8-17(15-16)28-14-12-22/h3-5,7-10,15H,2,6,11,13-14H2,1H3,(H,23,26)(H,24,25). The summed E-state index contributed by atoms with van der Waals surface area (Å²) in [7, 11) is 0. The van der Waals surface area contributed by atoms with E-state index >= 15 is 0 Å². The molecule has 2 amide bonds. The van der Waals surface area contributed by atoms with Gasteiger partial charge in [-0.3, -0.25) is 9.59 Å². The Labute approximate surface area is 164 Å². The van der Waals surface area contributed by atoms with Crippen LogP contribution in [0.2, 0.25) is 0 Å². The number of hydrogen-bond acceptors (Lipinski definition) is 5. The van der Waals surface area contributed by atoms with Crippen LogP contribution in [-0.4, -0.2) is 31.6 Å². The average Bonchev–Trinajstić information content (AvgIpc) is 2.70. The smallest absolute Gasteiger partial charge is 0.255 e. The maximum atomic E-state index is 12.3. The first-order chi connectivity index (χ1) is 13.6. The van der Waals surface area contributed by atoms with Crippen molar-refractivity contribution in [2.24, 2.45) is 0 Å². The van der Waals surface area contributed by atoms with Gasteiger partial charge in [0.2, 0.25) is 5.91 Å². The fourth-order valence-electron chi connectivity index (χ4n) is 2.48. The van der Waals surface area contributed by atoms with Gasteiger partial charge >= 0.3 is 0 Å². The van der Waals surface area contributed by atoms with Crippen LogP contribution >= 0.6 is 0 Å². The van der Waals surface area contributed by atoms with Gasteiger partial charge in [0, 0.05) is 24.7 Å². The first-order valence-electron chi connectivity index (χ1n) is 9.03. The number of carbonyl (C=O) groups excluding carboxylic acids is 2. The van der Waals surface area contributed by atoms with Gasteiger partial charge in [-0.2, -0.15) is 5.26 Å². The molecule has 0 aliphatic rings. The second kappa shape index (κ2) is 11.2. The van der Waals surface area contributed by atoms with Gasteiger partial charge in [-0.1, -0.05) is 18.2 Å². The highest BCUT2D eigenvalue weighted by atomic mass is 16.5. The molecule has 0 heterocycles. The van der Waals surface area contributed by atoms with Crippen LogP contribution in [-0.2, 0) is 4.79 Å². The van der Waals surface area contributed by atoms with Crippen LogP contribution in [0.15, 0.2) is 48.5 Å². The van der Waals surface area contributed by atoms with Crippen LogP contribution in [0, 0.1) is 11.3 Å². The Morgan fingerprint density at radius 2 is 1.93 bits per heavy atom. The van der Waals surface area contributed by atoms with Crippen molar-refractivity contribution in [2.45, 2.75) is 19.8 Å². The van der Waals surface area contributed by atoms with E-state index in [2.05, 4.69) is 10.6 Å². The van der Waals surface area contributed by atoms with Crippen molar-refractivity contribution in [1.82, 2.24) is 5.32 Å². The molecule has 0 fully saturated rings. The molecule has 0 saturated carbocycles. The largest absolute Gasteiger partial charge is 0.493 e. The summed E-state index contributed by atoms with van der Waals surface area (Å²) in [5.74, 6) is 0.659. The van der Waals surface area contributed by atoms with Gasteiger partial charge in [0.1, 0.15) is 17.6 Å². The zero-order chi connectivity index (χ0) is 20.2. The van der Waals surface area contributed by atoms with Gasteiger partial charge in [-0.15, -0.1) is 0 Å². The van der Waals surface area contributed by atoms with E-state index in [0.717, 1.165) is 0 Å². The molecule has 7 nitrogen and oxygen atoms in total. The summed E-state index contributed by atoms with van der Waals surface area (Å²) in [6.45, 7) is 2.66. The normalized spacial score (nSPS) is 9.86. The minimum Gasteiger partial charge on any atom is -0.493 e. The number of nitriles is 1. The number of benzene rings is 2. The van der Waals surface area contributed by atoms with Gasteiger partial charge in [0.15, 0.2) is 6.61 Å². The number of amides is 2. The fourth-order valence-corrected chi connectivity index (χ4v) is 2.48. The predicted molar refractivity (Wildman–Crippen MR) is 105 cm³/mol. The first kappa shape index (κ1) is 20.8. The highest BCUT2D eigenvalue weighted by Crippen LogP contribution is 2.18. The summed E-state index contributed by atoms with van der Waals surface area (Å²) >= 11 is 0. The summed E-state index contributed by atoms with van der Waals surface area (Å²) in [6, 6.07) is 15.8. The third-order valence-electron chi connectivity index (χ3n) is 3.72. The molecule has 2 N–H and O–H groups in total. The second-order valence-corrected chi connectivity index (χ2v) is 5.81. The molecule has 146 valence electrons. The zero-order valence-corrected chi connectivity index (χ0v) is 15.7. The number of carbonyl (C=O) groups is 2. The Morgan fingerprint density at radius 1 is 1.11 bits per heavy atom. The maximum absolute atomic E-state index is 12.3. The molecule has 0 aliphatic heterocycles. The molecule has 0 aliphatic carbocycles. The zero-order valence-electron chi connectivity index (χ0n) is 15.7. The van der Waals surface area contributed by atoms with Crippen molar-refractivity contribution in [3.05, 3.63) is 54.1 Å². The van der Waals surface area contributed by atoms with E-state index in [1.165, 1.54) is 0 Å². The quantitative estimate of drug-likeness (QED) is 0.616. The van der Waals surface area contributed by atoms with E-state index in [9.17, 15) is 9.59 Å². The lowest BCUT2D eigenvalue weighted by molar-refractivity contribution is -0.116. The van der Waals surface area contributed by atoms with Crippen molar-refractivity contribution in [1.29, 1.82) is 5.26 Å². The Bertz CT molecular complexity index is 846. The van der Waals surface area contributed by atoms with Crippen LogP contribution < -0.4 is 20.1 Å². The number of ether oxygens (including phenoxy) is 2. The lowest BCUT2D eigenvalue weighted by atomic mass is 10.2. The monoisotopic (exact) mass is 381 g/mol. The number of hydrogen-bond donors (Lipinski definition) is 2. The van der Waals surface area contributed by atoms with Crippen molar-refractivity contribution in [3.63, 3.8) is 0 Å². The van der Waals surface area contributed by atoms with E-state index in [4.69, 9.17) is 14.7 Å². The molecule has 0 radical (unpaired) electrons. The van der Waals surface area contributed by atoms with Crippen molar-refractivity contribution in [3.8, 4) is 17.6 Å². The molecule has 7 heteroatoms. The molecular formula is C21H23N3O4. The Morgan fingerprint density at radius 3 is 2.71 bits per heavy atom. The fraction of sp³-hybridized carbons (Fsp3) is 0.286. The van der Waals surface area contributed by atoms with Gasteiger partial charge in [-0.05, 0) is 37.6 Å². The highest BCUT2D eigenvalue weighted by Gasteiger charge is 2.11. The lowest BCUT2D eigenvalue weighted by Crippen LogP contribution is -2.26. The van der Waals surface area contributed by atoms with E-state index in [0.29, 0.717) is 42.3 Å². The van der Waals surface area contributed by atoms with Crippen LogP contribution in [0.25, 0.3) is 0 Å². The first-order valence-corrected chi connectivity index (χ1v) is 9.03. The molecule has 2 aromatic carbocycles. The third-order valence-corrected chi connectivity index (χ3v) is 3.72. The molecule has 28 heavy (non-hydrogen) atoms. The van der Waals surface area contributed by atoms with Crippen molar-refractivity contribution < 1.29 is 19.1 Å². The summed E-state index contributed by atoms with van der Waals surface area (Å²) in [5, 5.41) is 14.1. The highest BCUT2D eigenvalue weighted by molar-refractivity contribution is 5.97. The van der Waals surface area contributed by atoms with E-state index < -0.39 is 0 Å². The van der Waals surface area contributed by atoms with Gasteiger partial charge in [-0.25, -0.2) is 0 Å². The van der Waals surface area contributed by atoms with E-state index in [1.807, 2.05) is 19.1 Å². The number of rotatable bonds is 10.